The highest BCUT2D eigenvalue weighted by Gasteiger charge is 2.43. The predicted octanol–water partition coefficient (Wildman–Crippen LogP) is 2.25. The molecule has 1 aliphatic heterocycles. The highest BCUT2D eigenvalue weighted by Crippen LogP contribution is 2.37. The van der Waals surface area contributed by atoms with Gasteiger partial charge in [-0.3, -0.25) is 9.59 Å². The Morgan fingerprint density at radius 1 is 1.28 bits per heavy atom. The first-order chi connectivity index (χ1) is 11.9. The van der Waals surface area contributed by atoms with Gasteiger partial charge >= 0.3 is 0 Å². The zero-order chi connectivity index (χ0) is 18.0. The number of nitrogens with zero attached hydrogens (tertiary/aromatic N) is 1. The second-order valence-corrected chi connectivity index (χ2v) is 8.60. The van der Waals surface area contributed by atoms with Gasteiger partial charge in [-0.15, -0.1) is 11.8 Å². The van der Waals surface area contributed by atoms with Crippen molar-refractivity contribution in [3.05, 3.63) is 29.8 Å². The molecule has 1 aromatic carbocycles. The van der Waals surface area contributed by atoms with Crippen LogP contribution < -0.4 is 11.1 Å². The third kappa shape index (κ3) is 4.36. The lowest BCUT2D eigenvalue weighted by Gasteiger charge is -2.22. The fourth-order valence-electron chi connectivity index (χ4n) is 3.85. The maximum absolute atomic E-state index is 12.6. The molecule has 6 heteroatoms. The lowest BCUT2D eigenvalue weighted by atomic mass is 9.98. The number of nitrogens with two attached hydrogens (primary N) is 1. The summed E-state index contributed by atoms with van der Waals surface area (Å²) >= 11 is 1.40. The highest BCUT2D eigenvalue weighted by molar-refractivity contribution is 8.01. The van der Waals surface area contributed by atoms with Crippen LogP contribution in [0.15, 0.2) is 24.3 Å². The van der Waals surface area contributed by atoms with Crippen molar-refractivity contribution < 1.29 is 9.59 Å². The van der Waals surface area contributed by atoms with Gasteiger partial charge in [-0.2, -0.15) is 0 Å². The number of amides is 2. The van der Waals surface area contributed by atoms with Crippen LogP contribution in [0.2, 0.25) is 0 Å². The van der Waals surface area contributed by atoms with E-state index in [0.717, 1.165) is 37.2 Å². The summed E-state index contributed by atoms with van der Waals surface area (Å²) in [6.07, 6.45) is 2.22. The number of hydrogen-bond donors (Lipinski definition) is 2. The van der Waals surface area contributed by atoms with Crippen LogP contribution in [0.1, 0.15) is 25.3 Å². The van der Waals surface area contributed by atoms with E-state index in [1.54, 1.807) is 0 Å². The number of aryl methyl sites for hydroxylation is 1. The Labute approximate surface area is 153 Å². The number of anilines is 1. The molecule has 4 atom stereocenters. The molecule has 4 unspecified atom stereocenters. The van der Waals surface area contributed by atoms with Crippen LogP contribution in [0.5, 0.6) is 0 Å². The molecule has 3 N–H and O–H groups in total. The van der Waals surface area contributed by atoms with Gasteiger partial charge in [0.05, 0.1) is 11.0 Å². The third-order valence-electron chi connectivity index (χ3n) is 5.37. The summed E-state index contributed by atoms with van der Waals surface area (Å²) < 4.78 is 0. The molecule has 2 amide bonds. The van der Waals surface area contributed by atoms with Crippen molar-refractivity contribution >= 4 is 29.3 Å². The fourth-order valence-corrected chi connectivity index (χ4v) is 4.62. The first-order valence-corrected chi connectivity index (χ1v) is 10.0. The van der Waals surface area contributed by atoms with Gasteiger partial charge in [0.25, 0.3) is 0 Å². The van der Waals surface area contributed by atoms with Gasteiger partial charge in [0.1, 0.15) is 0 Å². The van der Waals surface area contributed by atoms with Gasteiger partial charge in [0.15, 0.2) is 0 Å². The van der Waals surface area contributed by atoms with Gasteiger partial charge < -0.3 is 16.0 Å². The summed E-state index contributed by atoms with van der Waals surface area (Å²) in [6, 6.07) is 7.94. The number of carbonyl (C=O) groups excluding carboxylic acids is 2. The van der Waals surface area contributed by atoms with Gasteiger partial charge in [-0.05, 0) is 50.7 Å². The number of carbonyl (C=O) groups is 2. The average molecular weight is 362 g/mol. The van der Waals surface area contributed by atoms with Gasteiger partial charge in [-0.1, -0.05) is 17.7 Å². The molecule has 0 spiro atoms. The number of benzene rings is 1. The van der Waals surface area contributed by atoms with E-state index in [-0.39, 0.29) is 28.9 Å². The van der Waals surface area contributed by atoms with E-state index in [1.165, 1.54) is 11.8 Å². The Morgan fingerprint density at radius 2 is 2.00 bits per heavy atom. The summed E-state index contributed by atoms with van der Waals surface area (Å²) in [4.78, 5) is 26.6. The van der Waals surface area contributed by atoms with Crippen molar-refractivity contribution in [1.82, 2.24) is 4.90 Å². The van der Waals surface area contributed by atoms with Crippen molar-refractivity contribution in [2.75, 3.05) is 24.2 Å². The van der Waals surface area contributed by atoms with Crippen LogP contribution >= 0.6 is 11.8 Å². The maximum atomic E-state index is 12.6. The molecule has 25 heavy (non-hydrogen) atoms. The lowest BCUT2D eigenvalue weighted by molar-refractivity contribution is -0.129. The summed E-state index contributed by atoms with van der Waals surface area (Å²) in [7, 11) is 0. The minimum absolute atomic E-state index is 0.0752. The second kappa shape index (κ2) is 7.79. The van der Waals surface area contributed by atoms with Crippen LogP contribution in [-0.2, 0) is 9.59 Å². The van der Waals surface area contributed by atoms with Crippen LogP contribution in [0, 0.1) is 18.8 Å². The number of fused-ring (bicyclic) bond motifs is 1. The Morgan fingerprint density at radius 3 is 2.68 bits per heavy atom. The van der Waals surface area contributed by atoms with Gasteiger partial charge in [-0.25, -0.2) is 0 Å². The van der Waals surface area contributed by atoms with Crippen molar-refractivity contribution in [1.29, 1.82) is 0 Å². The predicted molar refractivity (Wildman–Crippen MR) is 102 cm³/mol. The summed E-state index contributed by atoms with van der Waals surface area (Å²) in [5.74, 6) is 1.37. The monoisotopic (exact) mass is 361 g/mol. The molecule has 1 saturated heterocycles. The summed E-state index contributed by atoms with van der Waals surface area (Å²) in [5.41, 5.74) is 8.09. The number of thioether (sulfide) groups is 1. The van der Waals surface area contributed by atoms with Crippen molar-refractivity contribution in [3.8, 4) is 0 Å². The van der Waals surface area contributed by atoms with Crippen LogP contribution in [0.25, 0.3) is 0 Å². The molecule has 1 saturated carbocycles. The fraction of sp³-hybridized carbons (Fsp3) is 0.579. The molecular weight excluding hydrogens is 334 g/mol. The highest BCUT2D eigenvalue weighted by atomic mass is 32.2. The third-order valence-corrected chi connectivity index (χ3v) is 6.50. The Hall–Kier alpha value is -1.53. The normalized spacial score (nSPS) is 26.4. The first kappa shape index (κ1) is 18.3. The molecule has 1 aromatic rings. The molecule has 136 valence electrons. The smallest absolute Gasteiger partial charge is 0.235 e. The quantitative estimate of drug-likeness (QED) is 0.843. The van der Waals surface area contributed by atoms with Crippen molar-refractivity contribution in [3.63, 3.8) is 0 Å². The molecule has 2 aliphatic rings. The molecule has 0 aromatic heterocycles. The zero-order valence-corrected chi connectivity index (χ0v) is 15.7. The minimum Gasteiger partial charge on any atom is -0.341 e. The van der Waals surface area contributed by atoms with E-state index in [0.29, 0.717) is 11.8 Å². The molecule has 1 heterocycles. The lowest BCUT2D eigenvalue weighted by Crippen LogP contribution is -2.37. The van der Waals surface area contributed by atoms with E-state index in [9.17, 15) is 9.59 Å². The number of nitrogens with one attached hydrogen (secondary N) is 1. The Kier molecular flexibility index (Phi) is 5.69. The van der Waals surface area contributed by atoms with Crippen molar-refractivity contribution in [2.45, 2.75) is 38.0 Å². The first-order valence-electron chi connectivity index (χ1n) is 8.96. The summed E-state index contributed by atoms with van der Waals surface area (Å²) in [6.45, 7) is 5.51. The van der Waals surface area contributed by atoms with E-state index >= 15 is 0 Å². The largest absolute Gasteiger partial charge is 0.341 e. The topological polar surface area (TPSA) is 75.4 Å². The second-order valence-electron chi connectivity index (χ2n) is 7.28. The van der Waals surface area contributed by atoms with E-state index < -0.39 is 0 Å². The Balaban J connectivity index is 1.44. The molecule has 5 nitrogen and oxygen atoms in total. The molecule has 1 aliphatic carbocycles. The summed E-state index contributed by atoms with van der Waals surface area (Å²) in [5, 5.41) is 2.66. The van der Waals surface area contributed by atoms with Gasteiger partial charge in [0, 0.05) is 24.8 Å². The van der Waals surface area contributed by atoms with Crippen LogP contribution in [0.4, 0.5) is 5.69 Å². The molecular formula is C19H27N3O2S. The molecule has 0 bridgehead atoms. The van der Waals surface area contributed by atoms with Crippen LogP contribution in [-0.4, -0.2) is 46.8 Å². The van der Waals surface area contributed by atoms with E-state index in [4.69, 9.17) is 5.73 Å². The number of rotatable bonds is 5. The van der Waals surface area contributed by atoms with E-state index in [1.807, 2.05) is 43.0 Å². The average Bonchev–Trinajstić information content (AvgIpc) is 3.16. The SMILES string of the molecule is Cc1ccc(NC(=O)CSC(C)C(=O)N2CC3CCC(N)C3C2)cc1. The molecule has 0 radical (unpaired) electrons. The van der Waals surface area contributed by atoms with Gasteiger partial charge in [0.2, 0.25) is 11.8 Å². The zero-order valence-electron chi connectivity index (χ0n) is 14.9. The minimum atomic E-state index is -0.209. The Bertz CT molecular complexity index is 634. The van der Waals surface area contributed by atoms with Crippen molar-refractivity contribution in [2.24, 2.45) is 17.6 Å². The number of likely N-dealkylation sites (tertiary alicyclic amines) is 1. The maximum Gasteiger partial charge on any atom is 0.235 e. The molecule has 3 rings (SSSR count). The standard InChI is InChI=1S/C19H27N3O2S/c1-12-3-6-15(7-4-12)21-18(23)11-25-13(2)19(24)22-9-14-5-8-17(20)16(14)10-22/h3-4,6-7,13-14,16-17H,5,8-11,20H2,1-2H3,(H,21,23). The van der Waals surface area contributed by atoms with Crippen LogP contribution in [0.3, 0.4) is 0 Å². The molecule has 2 fully saturated rings. The number of hydrogen-bond acceptors (Lipinski definition) is 4. The van der Waals surface area contributed by atoms with E-state index in [2.05, 4.69) is 5.32 Å².